The first-order chi connectivity index (χ1) is 9.76. The summed E-state index contributed by atoms with van der Waals surface area (Å²) in [4.78, 5) is 33.6. The molecule has 1 fully saturated rings. The lowest BCUT2D eigenvalue weighted by Crippen LogP contribution is -2.61. The quantitative estimate of drug-likeness (QED) is 0.416. The average molecular weight is 369 g/mol. The number of aliphatic hydroxyl groups is 1. The molecule has 1 N–H and O–H groups in total. The molecule has 0 aliphatic carbocycles. The molecule has 5 atom stereocenters. The number of hydrogen-bond acceptors (Lipinski definition) is 8. The summed E-state index contributed by atoms with van der Waals surface area (Å²) in [5.74, 6) is -1.99. The molecule has 8 nitrogen and oxygen atoms in total. The van der Waals surface area contributed by atoms with Crippen molar-refractivity contribution in [3.63, 3.8) is 0 Å². The molecule has 1 aliphatic heterocycles. The van der Waals surface area contributed by atoms with E-state index in [2.05, 4.69) is 15.9 Å². The number of carbonyl (C=O) groups is 3. The lowest BCUT2D eigenvalue weighted by Gasteiger charge is -2.42. The van der Waals surface area contributed by atoms with Gasteiger partial charge in [0.1, 0.15) is 6.10 Å². The SMILES string of the molecule is CC(=O)OC1C(O)OC(CBr)C(OC(C)=O)C1OC(C)=O. The Kier molecular flexibility index (Phi) is 6.56. The number of alkyl halides is 1. The summed E-state index contributed by atoms with van der Waals surface area (Å²) in [7, 11) is 0. The highest BCUT2D eigenvalue weighted by Gasteiger charge is 2.50. The third-order valence-corrected chi connectivity index (χ3v) is 3.31. The molecule has 5 unspecified atom stereocenters. The predicted octanol–water partition coefficient (Wildman–Crippen LogP) is -0.106. The van der Waals surface area contributed by atoms with Crippen molar-refractivity contribution in [3.05, 3.63) is 0 Å². The van der Waals surface area contributed by atoms with E-state index in [1.54, 1.807) is 0 Å². The summed E-state index contributed by atoms with van der Waals surface area (Å²) < 4.78 is 20.3. The van der Waals surface area contributed by atoms with Gasteiger partial charge in [-0.25, -0.2) is 0 Å². The van der Waals surface area contributed by atoms with Crippen LogP contribution < -0.4 is 0 Å². The molecule has 1 heterocycles. The van der Waals surface area contributed by atoms with Crippen molar-refractivity contribution in [3.8, 4) is 0 Å². The van der Waals surface area contributed by atoms with Crippen LogP contribution >= 0.6 is 15.9 Å². The molecule has 0 radical (unpaired) electrons. The Morgan fingerprint density at radius 1 is 0.952 bits per heavy atom. The van der Waals surface area contributed by atoms with Crippen molar-refractivity contribution in [2.45, 2.75) is 51.5 Å². The highest BCUT2D eigenvalue weighted by atomic mass is 79.9. The lowest BCUT2D eigenvalue weighted by molar-refractivity contribution is -0.287. The fraction of sp³-hybridized carbons (Fsp3) is 0.750. The number of rotatable bonds is 4. The third-order valence-electron chi connectivity index (χ3n) is 2.67. The summed E-state index contributed by atoms with van der Waals surface area (Å²) in [5.41, 5.74) is 0. The molecular formula is C12H17BrO8. The predicted molar refractivity (Wildman–Crippen MR) is 71.3 cm³/mol. The van der Waals surface area contributed by atoms with Crippen molar-refractivity contribution >= 4 is 33.8 Å². The van der Waals surface area contributed by atoms with E-state index in [-0.39, 0.29) is 5.33 Å². The molecule has 0 amide bonds. The monoisotopic (exact) mass is 368 g/mol. The normalized spacial score (nSPS) is 32.1. The third kappa shape index (κ3) is 4.94. The van der Waals surface area contributed by atoms with E-state index in [1.807, 2.05) is 0 Å². The maximum absolute atomic E-state index is 11.2. The highest BCUT2D eigenvalue weighted by Crippen LogP contribution is 2.28. The van der Waals surface area contributed by atoms with E-state index < -0.39 is 48.6 Å². The van der Waals surface area contributed by atoms with Crippen LogP contribution in [0.5, 0.6) is 0 Å². The number of halogens is 1. The first kappa shape index (κ1) is 17.9. The van der Waals surface area contributed by atoms with Crippen LogP contribution in [-0.4, -0.2) is 59.1 Å². The minimum Gasteiger partial charge on any atom is -0.456 e. The van der Waals surface area contributed by atoms with E-state index >= 15 is 0 Å². The van der Waals surface area contributed by atoms with Gasteiger partial charge in [0.05, 0.1) is 0 Å². The van der Waals surface area contributed by atoms with E-state index in [1.165, 1.54) is 6.92 Å². The zero-order chi connectivity index (χ0) is 16.2. The van der Waals surface area contributed by atoms with E-state index in [4.69, 9.17) is 18.9 Å². The number of aliphatic hydroxyl groups excluding tert-OH is 1. The fourth-order valence-electron chi connectivity index (χ4n) is 2.00. The van der Waals surface area contributed by atoms with Gasteiger partial charge in [-0.05, 0) is 0 Å². The summed E-state index contributed by atoms with van der Waals surface area (Å²) in [6.45, 7) is 3.47. The number of ether oxygens (including phenoxy) is 4. The summed E-state index contributed by atoms with van der Waals surface area (Å²) >= 11 is 3.16. The zero-order valence-corrected chi connectivity index (χ0v) is 13.4. The van der Waals surface area contributed by atoms with Gasteiger partial charge in [-0.2, -0.15) is 0 Å². The second kappa shape index (κ2) is 7.71. The second-order valence-corrected chi connectivity index (χ2v) is 5.09. The molecule has 0 bridgehead atoms. The molecule has 0 spiro atoms. The highest BCUT2D eigenvalue weighted by molar-refractivity contribution is 9.09. The minimum atomic E-state index is -1.51. The minimum absolute atomic E-state index is 0.215. The molecule has 0 aromatic rings. The zero-order valence-electron chi connectivity index (χ0n) is 11.8. The maximum atomic E-state index is 11.2. The van der Waals surface area contributed by atoms with E-state index in [0.717, 1.165) is 13.8 Å². The first-order valence-corrected chi connectivity index (χ1v) is 7.29. The largest absolute Gasteiger partial charge is 0.456 e. The van der Waals surface area contributed by atoms with Gasteiger partial charge in [0.15, 0.2) is 24.6 Å². The summed E-state index contributed by atoms with van der Waals surface area (Å²) in [6.07, 6.45) is -5.74. The molecule has 0 aromatic heterocycles. The van der Waals surface area contributed by atoms with Crippen molar-refractivity contribution in [2.75, 3.05) is 5.33 Å². The smallest absolute Gasteiger partial charge is 0.303 e. The van der Waals surface area contributed by atoms with E-state index in [0.29, 0.717) is 0 Å². The van der Waals surface area contributed by atoms with Crippen molar-refractivity contribution in [1.82, 2.24) is 0 Å². The van der Waals surface area contributed by atoms with E-state index in [9.17, 15) is 19.5 Å². The maximum Gasteiger partial charge on any atom is 0.303 e. The van der Waals surface area contributed by atoms with Gasteiger partial charge < -0.3 is 24.1 Å². The Labute approximate surface area is 129 Å². The van der Waals surface area contributed by atoms with Crippen LogP contribution in [0.3, 0.4) is 0 Å². The second-order valence-electron chi connectivity index (χ2n) is 4.44. The molecule has 0 aromatic carbocycles. The van der Waals surface area contributed by atoms with Gasteiger partial charge in [0.25, 0.3) is 0 Å². The first-order valence-electron chi connectivity index (χ1n) is 6.17. The van der Waals surface area contributed by atoms with Crippen LogP contribution in [0.2, 0.25) is 0 Å². The van der Waals surface area contributed by atoms with Gasteiger partial charge in [-0.15, -0.1) is 0 Å². The molecule has 21 heavy (non-hydrogen) atoms. The fourth-order valence-corrected chi connectivity index (χ4v) is 2.52. The Morgan fingerprint density at radius 2 is 1.38 bits per heavy atom. The Hall–Kier alpha value is -1.19. The van der Waals surface area contributed by atoms with Crippen LogP contribution in [0.25, 0.3) is 0 Å². The number of carbonyl (C=O) groups excluding carboxylic acids is 3. The lowest BCUT2D eigenvalue weighted by atomic mass is 9.99. The molecule has 0 saturated carbocycles. The van der Waals surface area contributed by atoms with Crippen LogP contribution in [0.4, 0.5) is 0 Å². The Morgan fingerprint density at radius 3 is 1.81 bits per heavy atom. The van der Waals surface area contributed by atoms with Crippen molar-refractivity contribution < 1.29 is 38.4 Å². The Balaban J connectivity index is 3.08. The van der Waals surface area contributed by atoms with Crippen molar-refractivity contribution in [1.29, 1.82) is 0 Å². The molecule has 9 heteroatoms. The van der Waals surface area contributed by atoms with Crippen LogP contribution in [0.15, 0.2) is 0 Å². The number of esters is 3. The van der Waals surface area contributed by atoms with Crippen LogP contribution in [0, 0.1) is 0 Å². The van der Waals surface area contributed by atoms with Gasteiger partial charge in [-0.3, -0.25) is 14.4 Å². The molecule has 1 aliphatic rings. The van der Waals surface area contributed by atoms with Crippen LogP contribution in [-0.2, 0) is 33.3 Å². The summed E-state index contributed by atoms with van der Waals surface area (Å²) in [6, 6.07) is 0. The molecule has 120 valence electrons. The topological polar surface area (TPSA) is 108 Å². The number of hydrogen-bond donors (Lipinski definition) is 1. The van der Waals surface area contributed by atoms with Gasteiger partial charge in [0.2, 0.25) is 0 Å². The molecular weight excluding hydrogens is 352 g/mol. The van der Waals surface area contributed by atoms with Crippen molar-refractivity contribution in [2.24, 2.45) is 0 Å². The van der Waals surface area contributed by atoms with Gasteiger partial charge in [-0.1, -0.05) is 15.9 Å². The van der Waals surface area contributed by atoms with Crippen LogP contribution in [0.1, 0.15) is 20.8 Å². The summed E-state index contributed by atoms with van der Waals surface area (Å²) in [5, 5.41) is 10.1. The van der Waals surface area contributed by atoms with Gasteiger partial charge >= 0.3 is 17.9 Å². The molecule has 1 saturated heterocycles. The Bertz CT molecular complexity index is 412. The standard InChI is InChI=1S/C12H17BrO8/c1-5(14)18-9-8(4-13)21-12(17)11(20-7(3)16)10(9)19-6(2)15/h8-12,17H,4H2,1-3H3. The molecule has 1 rings (SSSR count). The van der Waals surface area contributed by atoms with Gasteiger partial charge in [0, 0.05) is 26.1 Å². The average Bonchev–Trinajstić information content (AvgIpc) is 2.35.